The first-order chi connectivity index (χ1) is 19.4. The highest BCUT2D eigenvalue weighted by Gasteiger charge is 2.61. The summed E-state index contributed by atoms with van der Waals surface area (Å²) in [4.78, 5) is 46.1. The van der Waals surface area contributed by atoms with Gasteiger partial charge in [0.05, 0.1) is 44.2 Å². The van der Waals surface area contributed by atoms with Gasteiger partial charge in [-0.2, -0.15) is 0 Å². The molecule has 3 aromatic carbocycles. The largest absolute Gasteiger partial charge is 0.493 e. The molecule has 2 aliphatic heterocycles. The molecule has 2 saturated heterocycles. The number of anilines is 2. The van der Waals surface area contributed by atoms with Gasteiger partial charge in [-0.25, -0.2) is 9.96 Å². The van der Waals surface area contributed by atoms with Gasteiger partial charge in [0.15, 0.2) is 17.6 Å². The Morgan fingerprint density at radius 3 is 2.33 bits per heavy atom. The summed E-state index contributed by atoms with van der Waals surface area (Å²) >= 11 is 0. The van der Waals surface area contributed by atoms with Gasteiger partial charge in [0.2, 0.25) is 11.7 Å². The Bertz CT molecular complexity index is 1480. The Kier molecular flexibility index (Phi) is 7.18. The summed E-state index contributed by atoms with van der Waals surface area (Å²) < 4.78 is 22.4. The van der Waals surface area contributed by atoms with Gasteiger partial charge in [0.25, 0.3) is 11.6 Å². The minimum atomic E-state index is -1.22. The molecule has 0 unspecified atom stereocenters. The number of methoxy groups -OCH3 is 3. The number of carbonyl (C=O) groups is 2. The highest BCUT2D eigenvalue weighted by Crippen LogP contribution is 2.53. The maximum Gasteiger partial charge on any atom is 0.271 e. The lowest BCUT2D eigenvalue weighted by Crippen LogP contribution is -2.37. The van der Waals surface area contributed by atoms with Gasteiger partial charge in [0, 0.05) is 17.7 Å². The van der Waals surface area contributed by atoms with Gasteiger partial charge in [-0.3, -0.25) is 24.5 Å². The van der Waals surface area contributed by atoms with Gasteiger partial charge in [-0.1, -0.05) is 18.2 Å². The summed E-state index contributed by atoms with van der Waals surface area (Å²) in [5, 5.41) is 12.9. The van der Waals surface area contributed by atoms with Crippen molar-refractivity contribution in [2.75, 3.05) is 37.9 Å². The summed E-state index contributed by atoms with van der Waals surface area (Å²) in [5.74, 6) is -0.825. The van der Waals surface area contributed by atoms with Crippen LogP contribution in [0.2, 0.25) is 0 Å². The van der Waals surface area contributed by atoms with Crippen molar-refractivity contribution in [2.24, 2.45) is 5.92 Å². The van der Waals surface area contributed by atoms with Crippen molar-refractivity contribution in [1.82, 2.24) is 0 Å². The number of hydrogen-bond acceptors (Lipinski definition) is 10. The lowest BCUT2D eigenvalue weighted by molar-refractivity contribution is -0.384. The molecule has 0 aromatic heterocycles. The molecule has 2 amide bonds. The SMILES string of the molecule is CCOc1ccccc1N1C(=O)[C@H]2[C@@H](ON(c3cccc([N+](=O)[O-])c3)[C@H]2c2ccc(OC)c(OC)c2OC)C1=O. The number of fused-ring (bicyclic) bond motifs is 1. The summed E-state index contributed by atoms with van der Waals surface area (Å²) in [6.07, 6.45) is -1.22. The van der Waals surface area contributed by atoms with E-state index in [2.05, 4.69) is 0 Å². The fourth-order valence-electron chi connectivity index (χ4n) is 5.21. The molecule has 0 bridgehead atoms. The smallest absolute Gasteiger partial charge is 0.271 e. The molecule has 2 fully saturated rings. The first-order valence-electron chi connectivity index (χ1n) is 12.4. The van der Waals surface area contributed by atoms with E-state index in [9.17, 15) is 19.7 Å². The van der Waals surface area contributed by atoms with Crippen LogP contribution in [0.15, 0.2) is 60.7 Å². The molecule has 2 aliphatic rings. The van der Waals surface area contributed by atoms with E-state index in [1.807, 2.05) is 0 Å². The molecule has 0 spiro atoms. The molecule has 5 rings (SSSR count). The van der Waals surface area contributed by atoms with Gasteiger partial charge < -0.3 is 18.9 Å². The van der Waals surface area contributed by atoms with Crippen LogP contribution in [0.3, 0.4) is 0 Å². The third kappa shape index (κ3) is 4.22. The first-order valence-corrected chi connectivity index (χ1v) is 12.4. The van der Waals surface area contributed by atoms with Crippen LogP contribution in [-0.2, 0) is 14.4 Å². The van der Waals surface area contributed by atoms with Gasteiger partial charge in [0.1, 0.15) is 17.7 Å². The highest BCUT2D eigenvalue weighted by atomic mass is 16.7. The van der Waals surface area contributed by atoms with Crippen molar-refractivity contribution in [1.29, 1.82) is 0 Å². The molecule has 12 heteroatoms. The van der Waals surface area contributed by atoms with Crippen LogP contribution in [0.25, 0.3) is 0 Å². The Morgan fingerprint density at radius 1 is 0.900 bits per heavy atom. The number of imide groups is 1. The van der Waals surface area contributed by atoms with Gasteiger partial charge in [-0.15, -0.1) is 0 Å². The molecule has 3 atom stereocenters. The zero-order valence-corrected chi connectivity index (χ0v) is 22.2. The van der Waals surface area contributed by atoms with E-state index in [4.69, 9.17) is 23.8 Å². The number of amides is 2. The molecule has 0 radical (unpaired) electrons. The number of non-ortho nitro benzene ring substituents is 1. The van der Waals surface area contributed by atoms with Crippen molar-refractivity contribution in [3.05, 3.63) is 76.3 Å². The van der Waals surface area contributed by atoms with Crippen molar-refractivity contribution in [2.45, 2.75) is 19.1 Å². The Morgan fingerprint density at radius 2 is 1.65 bits per heavy atom. The van der Waals surface area contributed by atoms with E-state index in [0.29, 0.717) is 29.4 Å². The number of hydroxylamine groups is 1. The average molecular weight is 550 g/mol. The molecule has 2 heterocycles. The van der Waals surface area contributed by atoms with Crippen LogP contribution in [-0.4, -0.2) is 50.8 Å². The molecule has 0 aliphatic carbocycles. The Labute approximate surface area is 229 Å². The van der Waals surface area contributed by atoms with Crippen LogP contribution < -0.4 is 28.9 Å². The van der Waals surface area contributed by atoms with Gasteiger partial charge in [-0.05, 0) is 37.3 Å². The van der Waals surface area contributed by atoms with E-state index in [1.54, 1.807) is 49.4 Å². The number of nitrogens with zero attached hydrogens (tertiary/aromatic N) is 3. The van der Waals surface area contributed by atoms with Crippen LogP contribution in [0, 0.1) is 16.0 Å². The van der Waals surface area contributed by atoms with E-state index in [1.165, 1.54) is 44.6 Å². The second kappa shape index (κ2) is 10.7. The molecule has 12 nitrogen and oxygen atoms in total. The Balaban J connectivity index is 1.68. The number of para-hydroxylation sites is 2. The molecule has 40 heavy (non-hydrogen) atoms. The second-order valence-corrected chi connectivity index (χ2v) is 8.94. The normalized spacial score (nSPS) is 19.9. The quantitative estimate of drug-likeness (QED) is 0.219. The van der Waals surface area contributed by atoms with E-state index >= 15 is 0 Å². The minimum absolute atomic E-state index is 0.180. The number of nitro benzene ring substituents is 1. The standard InChI is InChI=1S/C28H27N3O9/c1-5-39-20-12-7-6-11-19(20)29-27(32)22-23(18-13-14-21(36-2)25(38-4)24(18)37-3)30(40-26(22)28(29)33)16-9-8-10-17(15-16)31(34)35/h6-15,22-23,26H,5H2,1-4H3/t22-,23+,26-/m1/s1. The number of nitro groups is 1. The molecule has 0 saturated carbocycles. The van der Waals surface area contributed by atoms with E-state index < -0.39 is 34.8 Å². The second-order valence-electron chi connectivity index (χ2n) is 8.94. The number of carbonyl (C=O) groups excluding carboxylic acids is 2. The summed E-state index contributed by atoms with van der Waals surface area (Å²) in [7, 11) is 4.37. The number of benzene rings is 3. The van der Waals surface area contributed by atoms with Crippen molar-refractivity contribution < 1.29 is 38.3 Å². The molecule has 3 aromatic rings. The zero-order valence-electron chi connectivity index (χ0n) is 22.2. The monoisotopic (exact) mass is 549 g/mol. The van der Waals surface area contributed by atoms with E-state index in [-0.39, 0.29) is 22.9 Å². The highest BCUT2D eigenvalue weighted by molar-refractivity contribution is 6.24. The average Bonchev–Trinajstić information content (AvgIpc) is 3.48. The van der Waals surface area contributed by atoms with Crippen molar-refractivity contribution in [3.63, 3.8) is 0 Å². The number of hydrogen-bond donors (Lipinski definition) is 0. The number of ether oxygens (including phenoxy) is 4. The molecule has 208 valence electrons. The van der Waals surface area contributed by atoms with Crippen LogP contribution in [0.4, 0.5) is 17.1 Å². The van der Waals surface area contributed by atoms with Crippen LogP contribution in [0.1, 0.15) is 18.5 Å². The predicted molar refractivity (Wildman–Crippen MR) is 143 cm³/mol. The molecule has 0 N–H and O–H groups in total. The predicted octanol–water partition coefficient (Wildman–Crippen LogP) is 4.07. The summed E-state index contributed by atoms with van der Waals surface area (Å²) in [5.41, 5.74) is 0.867. The topological polar surface area (TPSA) is 130 Å². The Hall–Kier alpha value is -4.84. The maximum absolute atomic E-state index is 14.1. The zero-order chi connectivity index (χ0) is 28.6. The third-order valence-corrected chi connectivity index (χ3v) is 6.87. The minimum Gasteiger partial charge on any atom is -0.493 e. The third-order valence-electron chi connectivity index (χ3n) is 6.87. The maximum atomic E-state index is 14.1. The number of rotatable bonds is 9. The fraction of sp³-hybridized carbons (Fsp3) is 0.286. The van der Waals surface area contributed by atoms with Crippen molar-refractivity contribution >= 4 is 28.9 Å². The first kappa shape index (κ1) is 26.8. The lowest BCUT2D eigenvalue weighted by Gasteiger charge is -2.30. The summed E-state index contributed by atoms with van der Waals surface area (Å²) in [6, 6.07) is 14.9. The summed E-state index contributed by atoms with van der Waals surface area (Å²) in [6.45, 7) is 2.14. The van der Waals surface area contributed by atoms with Gasteiger partial charge >= 0.3 is 0 Å². The van der Waals surface area contributed by atoms with E-state index in [0.717, 1.165) is 4.90 Å². The van der Waals surface area contributed by atoms with Crippen LogP contribution in [0.5, 0.6) is 23.0 Å². The fourth-order valence-corrected chi connectivity index (χ4v) is 5.21. The lowest BCUT2D eigenvalue weighted by atomic mass is 9.89. The van der Waals surface area contributed by atoms with Crippen molar-refractivity contribution in [3.8, 4) is 23.0 Å². The van der Waals surface area contributed by atoms with Crippen LogP contribution >= 0.6 is 0 Å². The molecular weight excluding hydrogens is 522 g/mol. The molecular formula is C28H27N3O9.